The number of para-hydroxylation sites is 1. The predicted octanol–water partition coefficient (Wildman–Crippen LogP) is 1.59. The summed E-state index contributed by atoms with van der Waals surface area (Å²) in [6.45, 7) is 1.62. The summed E-state index contributed by atoms with van der Waals surface area (Å²) in [5, 5.41) is 2.73. The SMILES string of the molecule is COCCN1Cc2cccc([NH])c2NC1=O. The van der Waals surface area contributed by atoms with Gasteiger partial charge in [0.05, 0.1) is 18.0 Å². The zero-order valence-electron chi connectivity index (χ0n) is 9.12. The van der Waals surface area contributed by atoms with Crippen LogP contribution in [-0.4, -0.2) is 31.2 Å². The van der Waals surface area contributed by atoms with Crippen molar-refractivity contribution in [3.63, 3.8) is 0 Å². The van der Waals surface area contributed by atoms with Crippen molar-refractivity contribution in [2.75, 3.05) is 25.6 Å². The van der Waals surface area contributed by atoms with E-state index in [1.54, 1.807) is 18.1 Å². The van der Waals surface area contributed by atoms with E-state index >= 15 is 0 Å². The molecule has 0 spiro atoms. The summed E-state index contributed by atoms with van der Waals surface area (Å²) in [7, 11) is 1.61. The molecule has 2 N–H and O–H groups in total. The van der Waals surface area contributed by atoms with Gasteiger partial charge in [-0.15, -0.1) is 0 Å². The summed E-state index contributed by atoms with van der Waals surface area (Å²) in [4.78, 5) is 13.4. The minimum Gasteiger partial charge on any atom is -0.383 e. The molecule has 0 saturated carbocycles. The molecule has 1 heterocycles. The first-order valence-electron chi connectivity index (χ1n) is 5.10. The van der Waals surface area contributed by atoms with Crippen molar-refractivity contribution in [1.82, 2.24) is 10.6 Å². The third-order valence-corrected chi connectivity index (χ3v) is 2.60. The first-order chi connectivity index (χ1) is 7.72. The van der Waals surface area contributed by atoms with Crippen LogP contribution in [0, 0.1) is 0 Å². The van der Waals surface area contributed by atoms with E-state index in [9.17, 15) is 4.79 Å². The molecule has 85 valence electrons. The Bertz CT molecular complexity index is 406. The van der Waals surface area contributed by atoms with Gasteiger partial charge < -0.3 is 15.0 Å². The summed E-state index contributed by atoms with van der Waals surface area (Å²) in [5.41, 5.74) is 9.64. The van der Waals surface area contributed by atoms with Crippen molar-refractivity contribution < 1.29 is 9.53 Å². The fourth-order valence-electron chi connectivity index (χ4n) is 1.73. The number of benzene rings is 1. The van der Waals surface area contributed by atoms with Crippen LogP contribution in [0.4, 0.5) is 16.2 Å². The maximum Gasteiger partial charge on any atom is 0.322 e. The zero-order valence-corrected chi connectivity index (χ0v) is 9.12. The normalized spacial score (nSPS) is 14.6. The van der Waals surface area contributed by atoms with Gasteiger partial charge in [0.1, 0.15) is 0 Å². The Hall–Kier alpha value is -1.75. The number of carbonyl (C=O) groups is 1. The van der Waals surface area contributed by atoms with E-state index in [4.69, 9.17) is 10.5 Å². The Balaban J connectivity index is 2.19. The molecule has 0 unspecified atom stereocenters. The molecule has 2 rings (SSSR count). The molecule has 5 heteroatoms. The average Bonchev–Trinajstić information content (AvgIpc) is 2.28. The maximum atomic E-state index is 11.7. The van der Waals surface area contributed by atoms with Crippen molar-refractivity contribution in [2.24, 2.45) is 0 Å². The first-order valence-corrected chi connectivity index (χ1v) is 5.10. The lowest BCUT2D eigenvalue weighted by molar-refractivity contribution is 0.151. The minimum absolute atomic E-state index is 0.163. The highest BCUT2D eigenvalue weighted by Gasteiger charge is 2.23. The molecule has 16 heavy (non-hydrogen) atoms. The number of anilines is 1. The summed E-state index contributed by atoms with van der Waals surface area (Å²) >= 11 is 0. The highest BCUT2D eigenvalue weighted by atomic mass is 16.5. The molecule has 1 aromatic carbocycles. The summed E-state index contributed by atoms with van der Waals surface area (Å²) in [5.74, 6) is 0. The number of urea groups is 1. The molecule has 2 amide bonds. The van der Waals surface area contributed by atoms with E-state index < -0.39 is 0 Å². The van der Waals surface area contributed by atoms with Crippen molar-refractivity contribution in [1.29, 1.82) is 0 Å². The summed E-state index contributed by atoms with van der Waals surface area (Å²) in [6, 6.07) is 5.26. The number of carbonyl (C=O) groups excluding carboxylic acids is 1. The molecular formula is C11H14N3O2. The largest absolute Gasteiger partial charge is 0.383 e. The smallest absolute Gasteiger partial charge is 0.322 e. The molecule has 0 aromatic heterocycles. The maximum absolute atomic E-state index is 11.7. The highest BCUT2D eigenvalue weighted by molar-refractivity contribution is 5.95. The van der Waals surface area contributed by atoms with E-state index in [2.05, 4.69) is 5.32 Å². The number of rotatable bonds is 3. The Labute approximate surface area is 94.2 Å². The van der Waals surface area contributed by atoms with Crippen LogP contribution >= 0.6 is 0 Å². The van der Waals surface area contributed by atoms with E-state index in [1.807, 2.05) is 12.1 Å². The fourth-order valence-corrected chi connectivity index (χ4v) is 1.73. The second-order valence-corrected chi connectivity index (χ2v) is 3.68. The number of ether oxygens (including phenoxy) is 1. The quantitative estimate of drug-likeness (QED) is 0.840. The van der Waals surface area contributed by atoms with Crippen molar-refractivity contribution >= 4 is 17.4 Å². The van der Waals surface area contributed by atoms with E-state index in [1.165, 1.54) is 0 Å². The number of amides is 2. The molecule has 1 aliphatic rings. The van der Waals surface area contributed by atoms with Crippen LogP contribution < -0.4 is 11.1 Å². The van der Waals surface area contributed by atoms with Gasteiger partial charge in [0, 0.05) is 20.2 Å². The van der Waals surface area contributed by atoms with Crippen LogP contribution in [0.25, 0.3) is 0 Å². The van der Waals surface area contributed by atoms with E-state index in [-0.39, 0.29) is 6.03 Å². The predicted molar refractivity (Wildman–Crippen MR) is 60.5 cm³/mol. The first kappa shape index (κ1) is 10.8. The van der Waals surface area contributed by atoms with Gasteiger partial charge in [-0.25, -0.2) is 4.79 Å². The van der Waals surface area contributed by atoms with Gasteiger partial charge in [-0.1, -0.05) is 12.1 Å². The Kier molecular flexibility index (Phi) is 2.96. The van der Waals surface area contributed by atoms with Crippen LogP contribution in [0.3, 0.4) is 0 Å². The number of fused-ring (bicyclic) bond motifs is 1. The lowest BCUT2D eigenvalue weighted by atomic mass is 10.1. The molecule has 1 aliphatic heterocycles. The van der Waals surface area contributed by atoms with Crippen LogP contribution in [0.1, 0.15) is 5.56 Å². The van der Waals surface area contributed by atoms with Crippen molar-refractivity contribution in [3.05, 3.63) is 23.8 Å². The van der Waals surface area contributed by atoms with Gasteiger partial charge in [0.25, 0.3) is 0 Å². The summed E-state index contributed by atoms with van der Waals surface area (Å²) < 4.78 is 4.95. The topological polar surface area (TPSA) is 65.4 Å². The molecule has 0 fully saturated rings. The Morgan fingerprint density at radius 1 is 1.56 bits per heavy atom. The highest BCUT2D eigenvalue weighted by Crippen LogP contribution is 2.29. The number of hydrogen-bond donors (Lipinski definition) is 1. The van der Waals surface area contributed by atoms with Gasteiger partial charge in [-0.3, -0.25) is 5.73 Å². The van der Waals surface area contributed by atoms with Gasteiger partial charge in [0.15, 0.2) is 0 Å². The standard InChI is InChI=1S/C11H14N3O2/c1-16-6-5-14-7-8-3-2-4-9(12)10(8)13-11(14)15/h2-4,12H,5-7H2,1H3,(H,13,15). The molecule has 1 aromatic rings. The number of methoxy groups -OCH3 is 1. The molecule has 0 bridgehead atoms. The molecular weight excluding hydrogens is 206 g/mol. The fraction of sp³-hybridized carbons (Fsp3) is 0.364. The van der Waals surface area contributed by atoms with Gasteiger partial charge in [-0.05, 0) is 11.6 Å². The van der Waals surface area contributed by atoms with Gasteiger partial charge in [0.2, 0.25) is 0 Å². The van der Waals surface area contributed by atoms with Gasteiger partial charge >= 0.3 is 6.03 Å². The average molecular weight is 220 g/mol. The van der Waals surface area contributed by atoms with Crippen LogP contribution in [0.5, 0.6) is 0 Å². The van der Waals surface area contributed by atoms with Crippen LogP contribution in [-0.2, 0) is 11.3 Å². The van der Waals surface area contributed by atoms with E-state index in [0.29, 0.717) is 31.1 Å². The van der Waals surface area contributed by atoms with Crippen molar-refractivity contribution in [3.8, 4) is 0 Å². The van der Waals surface area contributed by atoms with Crippen LogP contribution in [0.2, 0.25) is 0 Å². The minimum atomic E-state index is -0.163. The van der Waals surface area contributed by atoms with Crippen LogP contribution in [0.15, 0.2) is 18.2 Å². The third-order valence-electron chi connectivity index (χ3n) is 2.60. The Morgan fingerprint density at radius 3 is 3.12 bits per heavy atom. The van der Waals surface area contributed by atoms with E-state index in [0.717, 1.165) is 5.56 Å². The molecule has 0 aliphatic carbocycles. The number of hydrogen-bond acceptors (Lipinski definition) is 2. The van der Waals surface area contributed by atoms with Gasteiger partial charge in [-0.2, -0.15) is 0 Å². The summed E-state index contributed by atoms with van der Waals surface area (Å²) in [6.07, 6.45) is 0. The second kappa shape index (κ2) is 4.40. The second-order valence-electron chi connectivity index (χ2n) is 3.68. The monoisotopic (exact) mass is 220 g/mol. The molecule has 0 saturated heterocycles. The number of nitrogens with one attached hydrogen (secondary N) is 2. The third kappa shape index (κ3) is 1.94. The zero-order chi connectivity index (χ0) is 11.5. The lowest BCUT2D eigenvalue weighted by Gasteiger charge is -2.29. The molecule has 0 atom stereocenters. The Morgan fingerprint density at radius 2 is 2.38 bits per heavy atom. The molecule has 5 nitrogen and oxygen atoms in total. The number of nitrogens with zero attached hydrogens (tertiary/aromatic N) is 1. The van der Waals surface area contributed by atoms with Crippen molar-refractivity contribution in [2.45, 2.75) is 6.54 Å². The lowest BCUT2D eigenvalue weighted by Crippen LogP contribution is -2.40. The molecule has 1 radical (unpaired) electrons.